The Morgan fingerprint density at radius 3 is 2.79 bits per heavy atom. The molecule has 1 aromatic carbocycles. The first kappa shape index (κ1) is 13.0. The highest BCUT2D eigenvalue weighted by molar-refractivity contribution is 5.36. The predicted molar refractivity (Wildman–Crippen MR) is 71.0 cm³/mol. The van der Waals surface area contributed by atoms with Crippen LogP contribution in [-0.2, 0) is 13.1 Å². The van der Waals surface area contributed by atoms with Crippen LogP contribution in [0.3, 0.4) is 0 Å². The van der Waals surface area contributed by atoms with Crippen LogP contribution in [-0.4, -0.2) is 15.7 Å². The quantitative estimate of drug-likeness (QED) is 0.817. The lowest BCUT2D eigenvalue weighted by Crippen LogP contribution is -2.25. The maximum atomic E-state index is 11.8. The first-order chi connectivity index (χ1) is 9.24. The third-order valence-electron chi connectivity index (χ3n) is 2.82. The summed E-state index contributed by atoms with van der Waals surface area (Å²) < 4.78 is 8.77. The van der Waals surface area contributed by atoms with Gasteiger partial charge in [-0.25, -0.2) is 4.79 Å². The molecule has 0 aliphatic rings. The van der Waals surface area contributed by atoms with Gasteiger partial charge in [0.25, 0.3) is 0 Å². The number of hydrogen-bond acceptors (Lipinski definition) is 3. The Balaban J connectivity index is 1.94. The van der Waals surface area contributed by atoms with Crippen LogP contribution < -0.4 is 10.4 Å². The van der Waals surface area contributed by atoms with E-state index in [0.717, 1.165) is 0 Å². The summed E-state index contributed by atoms with van der Waals surface area (Å²) in [4.78, 5) is 11.8. The van der Waals surface area contributed by atoms with E-state index in [2.05, 4.69) is 6.07 Å². The van der Waals surface area contributed by atoms with Gasteiger partial charge in [0.2, 0.25) is 0 Å². The number of benzene rings is 1. The second kappa shape index (κ2) is 5.91. The first-order valence-electron chi connectivity index (χ1n) is 6.13. The van der Waals surface area contributed by atoms with Gasteiger partial charge in [-0.1, -0.05) is 6.07 Å². The summed E-state index contributed by atoms with van der Waals surface area (Å²) in [5.41, 5.74) is 0.531. The van der Waals surface area contributed by atoms with Crippen molar-refractivity contribution in [2.24, 2.45) is 0 Å². The van der Waals surface area contributed by atoms with Crippen LogP contribution in [0.15, 0.2) is 41.5 Å². The lowest BCUT2D eigenvalue weighted by molar-refractivity contribution is 0.296. The molecule has 0 saturated heterocycles. The minimum atomic E-state index is -0.0307. The Bertz CT molecular complexity index is 649. The summed E-state index contributed by atoms with van der Waals surface area (Å²) in [7, 11) is 0. The summed E-state index contributed by atoms with van der Waals surface area (Å²) in [5, 5.41) is 8.78. The molecule has 0 amide bonds. The highest BCUT2D eigenvalue weighted by Gasteiger charge is 2.02. The average Bonchev–Trinajstić information content (AvgIpc) is 2.80. The van der Waals surface area contributed by atoms with Gasteiger partial charge in [0.15, 0.2) is 0 Å². The maximum Gasteiger partial charge on any atom is 0.328 e. The molecular weight excluding hydrogens is 242 g/mol. The van der Waals surface area contributed by atoms with Gasteiger partial charge >= 0.3 is 5.69 Å². The molecule has 5 heteroatoms. The fraction of sp³-hybridized carbons (Fsp3) is 0.286. The molecule has 2 rings (SSSR count). The predicted octanol–water partition coefficient (Wildman–Crippen LogP) is 1.62. The number of hydrogen-bond donors (Lipinski definition) is 0. The molecule has 0 atom stereocenters. The molecule has 5 nitrogen and oxygen atoms in total. The van der Waals surface area contributed by atoms with Gasteiger partial charge in [-0.2, -0.15) is 5.26 Å². The van der Waals surface area contributed by atoms with Crippen molar-refractivity contribution in [2.75, 3.05) is 6.61 Å². The van der Waals surface area contributed by atoms with E-state index < -0.39 is 0 Å². The number of nitrogens with zero attached hydrogens (tertiary/aromatic N) is 3. The van der Waals surface area contributed by atoms with E-state index in [4.69, 9.17) is 10.00 Å². The third-order valence-corrected chi connectivity index (χ3v) is 2.82. The van der Waals surface area contributed by atoms with Crippen LogP contribution in [0.25, 0.3) is 0 Å². The maximum absolute atomic E-state index is 11.8. The average molecular weight is 257 g/mol. The Kier molecular flexibility index (Phi) is 4.04. The molecule has 2 aromatic rings. The summed E-state index contributed by atoms with van der Waals surface area (Å²) >= 11 is 0. The van der Waals surface area contributed by atoms with Crippen molar-refractivity contribution < 1.29 is 4.74 Å². The number of imidazole rings is 1. The topological polar surface area (TPSA) is 59.9 Å². The van der Waals surface area contributed by atoms with Gasteiger partial charge in [-0.15, -0.1) is 0 Å². The van der Waals surface area contributed by atoms with Gasteiger partial charge in [-0.3, -0.25) is 9.13 Å². The number of ether oxygens (including phenoxy) is 1. The smallest absolute Gasteiger partial charge is 0.328 e. The molecular formula is C14H15N3O2. The van der Waals surface area contributed by atoms with E-state index in [1.165, 1.54) is 0 Å². The molecule has 98 valence electrons. The fourth-order valence-corrected chi connectivity index (χ4v) is 1.78. The molecule has 0 bridgehead atoms. The molecule has 0 unspecified atom stereocenters. The number of aryl methyl sites for hydroxylation is 1. The molecule has 1 aromatic heterocycles. The zero-order valence-corrected chi connectivity index (χ0v) is 10.7. The van der Waals surface area contributed by atoms with Crippen molar-refractivity contribution >= 4 is 0 Å². The third kappa shape index (κ3) is 3.05. The van der Waals surface area contributed by atoms with E-state index in [-0.39, 0.29) is 5.69 Å². The van der Waals surface area contributed by atoms with E-state index in [1.807, 2.05) is 6.92 Å². The van der Waals surface area contributed by atoms with Crippen LogP contribution in [0.4, 0.5) is 0 Å². The zero-order chi connectivity index (χ0) is 13.7. The van der Waals surface area contributed by atoms with Crippen LogP contribution >= 0.6 is 0 Å². The first-order valence-corrected chi connectivity index (χ1v) is 6.13. The second-order valence-corrected chi connectivity index (χ2v) is 4.05. The van der Waals surface area contributed by atoms with E-state index in [0.29, 0.717) is 31.0 Å². The van der Waals surface area contributed by atoms with Gasteiger partial charge in [0, 0.05) is 18.9 Å². The molecule has 0 fully saturated rings. The van der Waals surface area contributed by atoms with Crippen molar-refractivity contribution in [1.29, 1.82) is 5.26 Å². The van der Waals surface area contributed by atoms with Crippen molar-refractivity contribution in [3.8, 4) is 11.8 Å². The van der Waals surface area contributed by atoms with Gasteiger partial charge < -0.3 is 4.74 Å². The molecule has 0 saturated carbocycles. The van der Waals surface area contributed by atoms with Crippen LogP contribution in [0.1, 0.15) is 12.5 Å². The lowest BCUT2D eigenvalue weighted by Gasteiger charge is -2.06. The molecule has 0 aliphatic carbocycles. The lowest BCUT2D eigenvalue weighted by atomic mass is 10.2. The monoisotopic (exact) mass is 257 g/mol. The summed E-state index contributed by atoms with van der Waals surface area (Å²) in [5.74, 6) is 0.641. The highest BCUT2D eigenvalue weighted by atomic mass is 16.5. The normalized spacial score (nSPS) is 10.1. The largest absolute Gasteiger partial charge is 0.492 e. The Morgan fingerprint density at radius 2 is 2.11 bits per heavy atom. The summed E-state index contributed by atoms with van der Waals surface area (Å²) in [6.07, 6.45) is 3.51. The van der Waals surface area contributed by atoms with Crippen LogP contribution in [0.2, 0.25) is 0 Å². The van der Waals surface area contributed by atoms with Gasteiger partial charge in [0.1, 0.15) is 12.4 Å². The van der Waals surface area contributed by atoms with Gasteiger partial charge in [0.05, 0.1) is 18.2 Å². The van der Waals surface area contributed by atoms with Gasteiger partial charge in [-0.05, 0) is 25.1 Å². The standard InChI is InChI=1S/C14H15N3O2/c1-2-16-6-7-17(14(16)18)8-9-19-13-5-3-4-12(10-13)11-15/h3-7,10H,2,8-9H2,1H3. The van der Waals surface area contributed by atoms with Crippen molar-refractivity contribution in [3.63, 3.8) is 0 Å². The molecule has 0 radical (unpaired) electrons. The van der Waals surface area contributed by atoms with E-state index >= 15 is 0 Å². The van der Waals surface area contributed by atoms with Crippen LogP contribution in [0.5, 0.6) is 5.75 Å². The number of aromatic nitrogens is 2. The Hall–Kier alpha value is -2.48. The Morgan fingerprint density at radius 1 is 1.32 bits per heavy atom. The minimum Gasteiger partial charge on any atom is -0.492 e. The molecule has 19 heavy (non-hydrogen) atoms. The van der Waals surface area contributed by atoms with Crippen molar-refractivity contribution in [1.82, 2.24) is 9.13 Å². The highest BCUT2D eigenvalue weighted by Crippen LogP contribution is 2.12. The number of rotatable bonds is 5. The van der Waals surface area contributed by atoms with Crippen LogP contribution in [0, 0.1) is 11.3 Å². The molecule has 0 aliphatic heterocycles. The minimum absolute atomic E-state index is 0.0307. The van der Waals surface area contributed by atoms with Crippen molar-refractivity contribution in [2.45, 2.75) is 20.0 Å². The summed E-state index contributed by atoms with van der Waals surface area (Å²) in [6, 6.07) is 9.02. The SMILES string of the molecule is CCn1ccn(CCOc2cccc(C#N)c2)c1=O. The Labute approximate surface area is 111 Å². The zero-order valence-electron chi connectivity index (χ0n) is 10.7. The molecule has 0 spiro atoms. The van der Waals surface area contributed by atoms with E-state index in [1.54, 1.807) is 45.8 Å². The molecule has 1 heterocycles. The number of nitriles is 1. The second-order valence-electron chi connectivity index (χ2n) is 4.05. The van der Waals surface area contributed by atoms with Crippen molar-refractivity contribution in [3.05, 3.63) is 52.7 Å². The van der Waals surface area contributed by atoms with E-state index in [9.17, 15) is 4.79 Å². The molecule has 0 N–H and O–H groups in total. The summed E-state index contributed by atoms with van der Waals surface area (Å²) in [6.45, 7) is 3.47. The fourth-order valence-electron chi connectivity index (χ4n) is 1.78.